The fraction of sp³-hybridized carbons (Fsp3) is 0.333. The zero-order valence-corrected chi connectivity index (χ0v) is 9.42. The van der Waals surface area contributed by atoms with E-state index in [1.54, 1.807) is 19.9 Å². The van der Waals surface area contributed by atoms with Crippen molar-refractivity contribution in [2.45, 2.75) is 26.7 Å². The van der Waals surface area contributed by atoms with E-state index < -0.39 is 5.97 Å². The number of aromatic carboxylic acids is 1. The summed E-state index contributed by atoms with van der Waals surface area (Å²) in [6.45, 7) is 5.37. The Labute approximate surface area is 93.3 Å². The molecular weight excluding hydrogens is 206 g/mol. The van der Waals surface area contributed by atoms with Crippen LogP contribution in [0.15, 0.2) is 6.07 Å². The average Bonchev–Trinajstić information content (AvgIpc) is 2.50. The fourth-order valence-corrected chi connectivity index (χ4v) is 2.04. The minimum absolute atomic E-state index is 0.0694. The number of nitrogens with one attached hydrogen (secondary N) is 1. The Hall–Kier alpha value is -1.84. The van der Waals surface area contributed by atoms with Gasteiger partial charge in [-0.3, -0.25) is 4.79 Å². The minimum atomic E-state index is -0.949. The molecule has 0 aliphatic carbocycles. The molecule has 1 aliphatic rings. The van der Waals surface area contributed by atoms with Gasteiger partial charge in [0.05, 0.1) is 11.5 Å². The van der Waals surface area contributed by atoms with Gasteiger partial charge < -0.3 is 10.4 Å². The molecule has 1 unspecified atom stereocenters. The van der Waals surface area contributed by atoms with Crippen molar-refractivity contribution in [2.24, 2.45) is 0 Å². The van der Waals surface area contributed by atoms with E-state index in [1.165, 1.54) is 0 Å². The monoisotopic (exact) mass is 219 g/mol. The maximum absolute atomic E-state index is 11.5. The molecule has 1 aromatic rings. The third-order valence-electron chi connectivity index (χ3n) is 3.27. The van der Waals surface area contributed by atoms with Crippen molar-refractivity contribution in [1.82, 2.24) is 0 Å². The highest BCUT2D eigenvalue weighted by Crippen LogP contribution is 2.37. The molecule has 0 bridgehead atoms. The van der Waals surface area contributed by atoms with Gasteiger partial charge in [-0.25, -0.2) is 4.79 Å². The van der Waals surface area contributed by atoms with Gasteiger partial charge in [-0.05, 0) is 43.5 Å². The van der Waals surface area contributed by atoms with Crippen LogP contribution >= 0.6 is 0 Å². The molecule has 4 nitrogen and oxygen atoms in total. The highest BCUT2D eigenvalue weighted by molar-refractivity contribution is 6.05. The molecule has 1 atom stereocenters. The van der Waals surface area contributed by atoms with Crippen molar-refractivity contribution in [2.75, 3.05) is 5.32 Å². The van der Waals surface area contributed by atoms with Gasteiger partial charge in [-0.15, -0.1) is 0 Å². The Balaban J connectivity index is 2.71. The lowest BCUT2D eigenvalue weighted by Crippen LogP contribution is -2.08. The van der Waals surface area contributed by atoms with Gasteiger partial charge in [0.2, 0.25) is 5.91 Å². The van der Waals surface area contributed by atoms with Crippen LogP contribution in [0.5, 0.6) is 0 Å². The zero-order chi connectivity index (χ0) is 12.0. The number of carboxylic acids is 1. The first kappa shape index (κ1) is 10.7. The number of rotatable bonds is 1. The molecule has 0 radical (unpaired) electrons. The number of carboxylic acid groups (broad SMARTS) is 1. The molecule has 0 aromatic heterocycles. The number of amides is 1. The topological polar surface area (TPSA) is 66.4 Å². The number of fused-ring (bicyclic) bond motifs is 1. The molecule has 16 heavy (non-hydrogen) atoms. The zero-order valence-electron chi connectivity index (χ0n) is 9.42. The van der Waals surface area contributed by atoms with E-state index in [9.17, 15) is 9.59 Å². The lowest BCUT2D eigenvalue weighted by Gasteiger charge is -2.11. The number of carbonyl (C=O) groups excluding carboxylic acids is 1. The van der Waals surface area contributed by atoms with Crippen molar-refractivity contribution in [3.63, 3.8) is 0 Å². The summed E-state index contributed by atoms with van der Waals surface area (Å²) in [5.41, 5.74) is 3.39. The highest BCUT2D eigenvalue weighted by atomic mass is 16.4. The van der Waals surface area contributed by atoms with Crippen LogP contribution in [-0.2, 0) is 4.79 Å². The van der Waals surface area contributed by atoms with Gasteiger partial charge in [-0.2, -0.15) is 0 Å². The Morgan fingerprint density at radius 2 is 2.00 bits per heavy atom. The van der Waals surface area contributed by atoms with Gasteiger partial charge in [0, 0.05) is 5.69 Å². The van der Waals surface area contributed by atoms with Crippen molar-refractivity contribution in [3.05, 3.63) is 28.3 Å². The Kier molecular flexibility index (Phi) is 2.22. The van der Waals surface area contributed by atoms with Crippen molar-refractivity contribution in [1.29, 1.82) is 0 Å². The maximum atomic E-state index is 11.5. The van der Waals surface area contributed by atoms with Crippen molar-refractivity contribution >= 4 is 17.6 Å². The van der Waals surface area contributed by atoms with Gasteiger partial charge >= 0.3 is 5.97 Å². The molecule has 2 rings (SSSR count). The lowest BCUT2D eigenvalue weighted by molar-refractivity contribution is -0.116. The molecule has 1 aliphatic heterocycles. The predicted octanol–water partition coefficient (Wildman–Crippen LogP) is 2.06. The summed E-state index contributed by atoms with van der Waals surface area (Å²) in [5.74, 6) is -1.29. The van der Waals surface area contributed by atoms with Crippen LogP contribution in [0.4, 0.5) is 5.69 Å². The molecule has 0 saturated heterocycles. The first-order valence-corrected chi connectivity index (χ1v) is 5.11. The van der Waals surface area contributed by atoms with Crippen LogP contribution < -0.4 is 5.32 Å². The minimum Gasteiger partial charge on any atom is -0.478 e. The molecule has 4 heteroatoms. The second kappa shape index (κ2) is 3.33. The molecule has 1 aromatic carbocycles. The van der Waals surface area contributed by atoms with Crippen LogP contribution in [0.3, 0.4) is 0 Å². The van der Waals surface area contributed by atoms with Crippen molar-refractivity contribution in [3.8, 4) is 0 Å². The van der Waals surface area contributed by atoms with E-state index in [0.29, 0.717) is 5.56 Å². The van der Waals surface area contributed by atoms with Gasteiger partial charge in [-0.1, -0.05) is 0 Å². The van der Waals surface area contributed by atoms with E-state index in [1.807, 2.05) is 6.92 Å². The molecule has 2 N–H and O–H groups in total. The van der Waals surface area contributed by atoms with E-state index in [4.69, 9.17) is 5.11 Å². The summed E-state index contributed by atoms with van der Waals surface area (Å²) in [6.07, 6.45) is 0. The number of carbonyl (C=O) groups is 2. The second-order valence-corrected chi connectivity index (χ2v) is 4.15. The summed E-state index contributed by atoms with van der Waals surface area (Å²) in [7, 11) is 0. The van der Waals surface area contributed by atoms with Crippen LogP contribution in [0, 0.1) is 13.8 Å². The van der Waals surface area contributed by atoms with Crippen LogP contribution in [0.2, 0.25) is 0 Å². The van der Waals surface area contributed by atoms with Gasteiger partial charge in [0.1, 0.15) is 0 Å². The number of hydrogen-bond acceptors (Lipinski definition) is 2. The third-order valence-corrected chi connectivity index (χ3v) is 3.27. The largest absolute Gasteiger partial charge is 0.478 e. The predicted molar refractivity (Wildman–Crippen MR) is 59.9 cm³/mol. The quantitative estimate of drug-likeness (QED) is 0.759. The van der Waals surface area contributed by atoms with E-state index in [-0.39, 0.29) is 17.4 Å². The summed E-state index contributed by atoms with van der Waals surface area (Å²) < 4.78 is 0. The molecular formula is C12H13NO3. The molecule has 0 fully saturated rings. The van der Waals surface area contributed by atoms with E-state index in [2.05, 4.69) is 5.32 Å². The SMILES string of the molecule is Cc1c(C(=O)O)cc2c(c1C)NC(=O)C2C. The van der Waals surface area contributed by atoms with Crippen LogP contribution in [0.1, 0.15) is 39.9 Å². The average molecular weight is 219 g/mol. The van der Waals surface area contributed by atoms with Crippen LogP contribution in [-0.4, -0.2) is 17.0 Å². The summed E-state index contributed by atoms with van der Waals surface area (Å²) in [5, 5.41) is 11.9. The lowest BCUT2D eigenvalue weighted by atomic mass is 9.93. The first-order chi connectivity index (χ1) is 7.43. The highest BCUT2D eigenvalue weighted by Gasteiger charge is 2.30. The fourth-order valence-electron chi connectivity index (χ4n) is 2.04. The Morgan fingerprint density at radius 3 is 2.56 bits per heavy atom. The standard InChI is InChI=1S/C12H13NO3/c1-5-6(2)10-8(4-9(5)12(15)16)7(3)11(14)13-10/h4,7H,1-3H3,(H,13,14)(H,15,16). The van der Waals surface area contributed by atoms with Gasteiger partial charge in [0.15, 0.2) is 0 Å². The van der Waals surface area contributed by atoms with E-state index in [0.717, 1.165) is 16.8 Å². The number of hydrogen-bond donors (Lipinski definition) is 2. The molecule has 0 spiro atoms. The van der Waals surface area contributed by atoms with E-state index >= 15 is 0 Å². The smallest absolute Gasteiger partial charge is 0.335 e. The van der Waals surface area contributed by atoms with Crippen LogP contribution in [0.25, 0.3) is 0 Å². The molecule has 84 valence electrons. The Bertz CT molecular complexity index is 505. The van der Waals surface area contributed by atoms with Crippen molar-refractivity contribution < 1.29 is 14.7 Å². The Morgan fingerprint density at radius 1 is 1.38 bits per heavy atom. The van der Waals surface area contributed by atoms with Gasteiger partial charge in [0.25, 0.3) is 0 Å². The first-order valence-electron chi connectivity index (χ1n) is 5.11. The third kappa shape index (κ3) is 1.30. The maximum Gasteiger partial charge on any atom is 0.335 e. The summed E-state index contributed by atoms with van der Waals surface area (Å²) >= 11 is 0. The molecule has 1 heterocycles. The summed E-state index contributed by atoms with van der Waals surface area (Å²) in [6, 6.07) is 1.60. The second-order valence-electron chi connectivity index (χ2n) is 4.15. The molecule has 0 saturated carbocycles. The molecule has 1 amide bonds. The number of benzene rings is 1. The summed E-state index contributed by atoms with van der Waals surface area (Å²) in [4.78, 5) is 22.6. The normalized spacial score (nSPS) is 18.2. The number of anilines is 1.